The molecule has 0 radical (unpaired) electrons. The van der Waals surface area contributed by atoms with Crippen LogP contribution in [0.2, 0.25) is 0 Å². The molecule has 1 amide bonds. The number of rotatable bonds is 5. The number of carbonyl (C=O) groups is 1. The van der Waals surface area contributed by atoms with Crippen molar-refractivity contribution in [1.82, 2.24) is 10.6 Å². The number of fused-ring (bicyclic) bond motifs is 1. The molecule has 1 aromatic rings. The summed E-state index contributed by atoms with van der Waals surface area (Å²) < 4.78 is 0. The molecule has 0 bridgehead atoms. The topological polar surface area (TPSA) is 61.4 Å². The lowest BCUT2D eigenvalue weighted by molar-refractivity contribution is -0.121. The van der Waals surface area contributed by atoms with Gasteiger partial charge in [0.15, 0.2) is 0 Å². The molecule has 0 saturated heterocycles. The van der Waals surface area contributed by atoms with Crippen LogP contribution >= 0.6 is 0 Å². The summed E-state index contributed by atoms with van der Waals surface area (Å²) in [6.07, 6.45) is 1.76. The zero-order valence-corrected chi connectivity index (χ0v) is 10.2. The number of aliphatic hydroxyl groups is 1. The molecule has 1 aliphatic rings. The molecule has 0 unspecified atom stereocenters. The van der Waals surface area contributed by atoms with Gasteiger partial charge in [-0.3, -0.25) is 4.79 Å². The lowest BCUT2D eigenvalue weighted by atomic mass is 10.1. The van der Waals surface area contributed by atoms with E-state index in [2.05, 4.69) is 17.2 Å². The molecule has 18 heavy (non-hydrogen) atoms. The zero-order valence-electron chi connectivity index (χ0n) is 10.2. The number of hydrogen-bond donors (Lipinski definition) is 3. The van der Waals surface area contributed by atoms with E-state index in [0.29, 0.717) is 13.0 Å². The predicted molar refractivity (Wildman–Crippen MR) is 70.1 cm³/mol. The lowest BCUT2D eigenvalue weighted by Gasteiger charge is -2.18. The van der Waals surface area contributed by atoms with Crippen molar-refractivity contribution in [1.29, 1.82) is 0 Å². The highest BCUT2D eigenvalue weighted by Gasteiger charge is 2.31. The fraction of sp³-hybridized carbons (Fsp3) is 0.357. The van der Waals surface area contributed by atoms with Crippen LogP contribution in [0.15, 0.2) is 36.9 Å². The van der Waals surface area contributed by atoms with E-state index in [1.54, 1.807) is 6.08 Å². The summed E-state index contributed by atoms with van der Waals surface area (Å²) in [5.74, 6) is -0.113. The van der Waals surface area contributed by atoms with Gasteiger partial charge in [0.2, 0.25) is 5.91 Å². The van der Waals surface area contributed by atoms with E-state index in [1.165, 1.54) is 0 Å². The van der Waals surface area contributed by atoms with E-state index in [0.717, 1.165) is 11.1 Å². The van der Waals surface area contributed by atoms with Crippen LogP contribution in [0.25, 0.3) is 0 Å². The quantitative estimate of drug-likeness (QED) is 0.525. The third-order valence-electron chi connectivity index (χ3n) is 3.09. The fourth-order valence-corrected chi connectivity index (χ4v) is 2.26. The van der Waals surface area contributed by atoms with E-state index >= 15 is 0 Å². The summed E-state index contributed by atoms with van der Waals surface area (Å²) in [6.45, 7) is 4.40. The molecule has 0 saturated carbocycles. The Labute approximate surface area is 107 Å². The monoisotopic (exact) mass is 246 g/mol. The van der Waals surface area contributed by atoms with Crippen LogP contribution in [0.5, 0.6) is 0 Å². The van der Waals surface area contributed by atoms with Gasteiger partial charge in [0.25, 0.3) is 0 Å². The molecule has 1 aliphatic carbocycles. The Morgan fingerprint density at radius 2 is 2.28 bits per heavy atom. The third kappa shape index (κ3) is 2.78. The molecule has 0 heterocycles. The Balaban J connectivity index is 1.97. The Morgan fingerprint density at radius 3 is 3.06 bits per heavy atom. The first-order valence-electron chi connectivity index (χ1n) is 6.09. The Bertz CT molecular complexity index is 445. The summed E-state index contributed by atoms with van der Waals surface area (Å²) >= 11 is 0. The second-order valence-corrected chi connectivity index (χ2v) is 4.44. The van der Waals surface area contributed by atoms with Crippen molar-refractivity contribution in [2.75, 3.05) is 13.1 Å². The summed E-state index contributed by atoms with van der Waals surface area (Å²) in [4.78, 5) is 11.7. The molecule has 0 fully saturated rings. The predicted octanol–water partition coefficient (Wildman–Crippen LogP) is 0.536. The maximum Gasteiger partial charge on any atom is 0.234 e. The van der Waals surface area contributed by atoms with Gasteiger partial charge in [-0.1, -0.05) is 30.3 Å². The van der Waals surface area contributed by atoms with E-state index < -0.39 is 6.10 Å². The smallest absolute Gasteiger partial charge is 0.234 e. The molecule has 2 atom stereocenters. The summed E-state index contributed by atoms with van der Waals surface area (Å²) in [5, 5.41) is 15.8. The Hall–Kier alpha value is -1.65. The van der Waals surface area contributed by atoms with Gasteiger partial charge in [-0.05, 0) is 11.1 Å². The zero-order chi connectivity index (χ0) is 13.0. The van der Waals surface area contributed by atoms with Gasteiger partial charge in [0.1, 0.15) is 0 Å². The normalized spacial score (nSPS) is 21.4. The van der Waals surface area contributed by atoms with Gasteiger partial charge < -0.3 is 15.7 Å². The Morgan fingerprint density at radius 1 is 1.50 bits per heavy atom. The van der Waals surface area contributed by atoms with E-state index in [4.69, 9.17) is 0 Å². The molecular formula is C14H18N2O2. The average Bonchev–Trinajstić information content (AvgIpc) is 2.67. The first-order valence-corrected chi connectivity index (χ1v) is 6.09. The van der Waals surface area contributed by atoms with Crippen molar-refractivity contribution < 1.29 is 9.90 Å². The minimum Gasteiger partial charge on any atom is -0.390 e. The highest BCUT2D eigenvalue weighted by atomic mass is 16.3. The van der Waals surface area contributed by atoms with Gasteiger partial charge in [-0.2, -0.15) is 0 Å². The van der Waals surface area contributed by atoms with Crippen molar-refractivity contribution in [3.8, 4) is 0 Å². The second-order valence-electron chi connectivity index (χ2n) is 4.44. The number of nitrogens with one attached hydrogen (secondary N) is 2. The minimum atomic E-state index is -0.536. The van der Waals surface area contributed by atoms with Gasteiger partial charge in [0, 0.05) is 13.0 Å². The maximum atomic E-state index is 11.7. The maximum absolute atomic E-state index is 11.7. The molecule has 0 aromatic heterocycles. The highest BCUT2D eigenvalue weighted by Crippen LogP contribution is 2.30. The van der Waals surface area contributed by atoms with Crippen molar-refractivity contribution in [3.63, 3.8) is 0 Å². The van der Waals surface area contributed by atoms with Crippen molar-refractivity contribution in [2.45, 2.75) is 18.6 Å². The molecular weight excluding hydrogens is 228 g/mol. The molecule has 0 aliphatic heterocycles. The average molecular weight is 246 g/mol. The number of hydrogen-bond acceptors (Lipinski definition) is 3. The first-order chi connectivity index (χ1) is 8.72. The van der Waals surface area contributed by atoms with Crippen molar-refractivity contribution >= 4 is 5.91 Å². The van der Waals surface area contributed by atoms with Crippen LogP contribution in [-0.4, -0.2) is 30.2 Å². The van der Waals surface area contributed by atoms with E-state index in [9.17, 15) is 9.90 Å². The van der Waals surface area contributed by atoms with Crippen molar-refractivity contribution in [3.05, 3.63) is 48.0 Å². The molecule has 96 valence electrons. The first kappa shape index (κ1) is 12.8. The fourth-order valence-electron chi connectivity index (χ4n) is 2.26. The number of aliphatic hydroxyl groups excluding tert-OH is 1. The minimum absolute atomic E-state index is 0.113. The standard InChI is InChI=1S/C14H18N2O2/c1-2-7-15-9-13(18)16-14-11-6-4-3-5-10(11)8-12(14)17/h2-6,12,14-15,17H,1,7-9H2,(H,16,18)/t12-,14+/m1/s1. The number of carbonyl (C=O) groups excluding carboxylic acids is 1. The van der Waals surface area contributed by atoms with Crippen LogP contribution in [0.3, 0.4) is 0 Å². The van der Waals surface area contributed by atoms with Gasteiger partial charge in [-0.15, -0.1) is 6.58 Å². The van der Waals surface area contributed by atoms with Crippen LogP contribution in [0.1, 0.15) is 17.2 Å². The molecule has 0 spiro atoms. The van der Waals surface area contributed by atoms with Gasteiger partial charge >= 0.3 is 0 Å². The largest absolute Gasteiger partial charge is 0.390 e. The van der Waals surface area contributed by atoms with Crippen LogP contribution in [0.4, 0.5) is 0 Å². The number of benzene rings is 1. The second kappa shape index (κ2) is 5.80. The third-order valence-corrected chi connectivity index (χ3v) is 3.09. The molecule has 1 aromatic carbocycles. The van der Waals surface area contributed by atoms with Gasteiger partial charge in [-0.25, -0.2) is 0 Å². The van der Waals surface area contributed by atoms with Crippen molar-refractivity contribution in [2.24, 2.45) is 0 Å². The molecule has 4 heteroatoms. The summed E-state index contributed by atoms with van der Waals surface area (Å²) in [5.41, 5.74) is 2.12. The van der Waals surface area contributed by atoms with E-state index in [-0.39, 0.29) is 18.5 Å². The SMILES string of the molecule is C=CCNCC(=O)N[C@H]1c2ccccc2C[C@H]1O. The molecule has 3 N–H and O–H groups in total. The summed E-state index contributed by atoms with van der Waals surface area (Å²) in [7, 11) is 0. The van der Waals surface area contributed by atoms with E-state index in [1.807, 2.05) is 24.3 Å². The summed E-state index contributed by atoms with van der Waals surface area (Å²) in [6, 6.07) is 7.51. The lowest BCUT2D eigenvalue weighted by Crippen LogP contribution is -2.39. The van der Waals surface area contributed by atoms with Crippen LogP contribution < -0.4 is 10.6 Å². The Kier molecular flexibility index (Phi) is 4.12. The molecule has 4 nitrogen and oxygen atoms in total. The van der Waals surface area contributed by atoms with Crippen LogP contribution in [-0.2, 0) is 11.2 Å². The molecule has 2 rings (SSSR count). The highest BCUT2D eigenvalue weighted by molar-refractivity contribution is 5.78. The van der Waals surface area contributed by atoms with Crippen LogP contribution in [0, 0.1) is 0 Å². The van der Waals surface area contributed by atoms with Gasteiger partial charge in [0.05, 0.1) is 18.7 Å². The number of amides is 1.